The van der Waals surface area contributed by atoms with Gasteiger partial charge >= 0.3 is 0 Å². The number of rotatable bonds is 8. The van der Waals surface area contributed by atoms with Crippen LogP contribution in [0.2, 0.25) is 0 Å². The van der Waals surface area contributed by atoms with Gasteiger partial charge in [-0.2, -0.15) is 0 Å². The predicted molar refractivity (Wildman–Crippen MR) is 72.0 cm³/mol. The summed E-state index contributed by atoms with van der Waals surface area (Å²) in [5.41, 5.74) is 2.79. The average molecular weight is 221 g/mol. The Balaban J connectivity index is 2.12. The molecule has 0 aromatic carbocycles. The Morgan fingerprint density at radius 3 is 2.31 bits per heavy atom. The van der Waals surface area contributed by atoms with Crippen molar-refractivity contribution in [2.75, 3.05) is 0 Å². The van der Waals surface area contributed by atoms with E-state index in [-0.39, 0.29) is 0 Å². The van der Waals surface area contributed by atoms with Gasteiger partial charge in [-0.3, -0.25) is 0 Å². The van der Waals surface area contributed by atoms with Crippen LogP contribution >= 0.6 is 0 Å². The van der Waals surface area contributed by atoms with Gasteiger partial charge in [-0.05, 0) is 30.9 Å². The zero-order valence-electron chi connectivity index (χ0n) is 11.2. The molecule has 0 fully saturated rings. The minimum absolute atomic E-state index is 0.623. The van der Waals surface area contributed by atoms with Crippen LogP contribution < -0.4 is 0 Å². The molecular formula is C15H27N. The quantitative estimate of drug-likeness (QED) is 0.592. The fourth-order valence-electron chi connectivity index (χ4n) is 2.04. The summed E-state index contributed by atoms with van der Waals surface area (Å²) < 4.78 is 0. The van der Waals surface area contributed by atoms with Crippen LogP contribution in [0.5, 0.6) is 0 Å². The van der Waals surface area contributed by atoms with E-state index >= 15 is 0 Å². The van der Waals surface area contributed by atoms with E-state index in [9.17, 15) is 0 Å². The Morgan fingerprint density at radius 1 is 1.00 bits per heavy atom. The summed E-state index contributed by atoms with van der Waals surface area (Å²) in [5.74, 6) is 0.623. The lowest BCUT2D eigenvalue weighted by atomic mass is 10.1. The van der Waals surface area contributed by atoms with Gasteiger partial charge in [0.15, 0.2) is 0 Å². The van der Waals surface area contributed by atoms with Crippen molar-refractivity contribution in [1.29, 1.82) is 0 Å². The number of H-pyrrole nitrogens is 1. The van der Waals surface area contributed by atoms with Gasteiger partial charge in [-0.1, -0.05) is 52.9 Å². The molecule has 1 rings (SSSR count). The lowest BCUT2D eigenvalue weighted by Crippen LogP contribution is -1.90. The molecule has 1 heteroatoms. The molecule has 1 nitrogen and oxygen atoms in total. The number of aryl methyl sites for hydroxylation is 1. The predicted octanol–water partition coefficient (Wildman–Crippen LogP) is 5.04. The summed E-state index contributed by atoms with van der Waals surface area (Å²) >= 11 is 0. The van der Waals surface area contributed by atoms with Gasteiger partial charge in [0.2, 0.25) is 0 Å². The van der Waals surface area contributed by atoms with Crippen molar-refractivity contribution < 1.29 is 0 Å². The second kappa shape index (κ2) is 7.54. The largest absolute Gasteiger partial charge is 0.362 e. The van der Waals surface area contributed by atoms with E-state index in [1.54, 1.807) is 0 Å². The van der Waals surface area contributed by atoms with Gasteiger partial charge in [0, 0.05) is 11.4 Å². The number of unbranched alkanes of at least 4 members (excludes halogenated alkanes) is 5. The normalized spacial score (nSPS) is 11.2. The second-order valence-corrected chi connectivity index (χ2v) is 5.11. The van der Waals surface area contributed by atoms with E-state index in [2.05, 4.69) is 37.9 Å². The van der Waals surface area contributed by atoms with Crippen molar-refractivity contribution in [1.82, 2.24) is 4.98 Å². The van der Waals surface area contributed by atoms with Crippen LogP contribution in [-0.4, -0.2) is 4.98 Å². The Kier molecular flexibility index (Phi) is 6.29. The molecule has 92 valence electrons. The molecule has 0 aliphatic heterocycles. The number of aromatic amines is 1. The molecule has 0 atom stereocenters. The molecule has 0 amide bonds. The van der Waals surface area contributed by atoms with Crippen LogP contribution in [0.3, 0.4) is 0 Å². The van der Waals surface area contributed by atoms with Gasteiger partial charge in [0.1, 0.15) is 0 Å². The van der Waals surface area contributed by atoms with E-state index in [0.717, 1.165) is 0 Å². The first-order valence-electron chi connectivity index (χ1n) is 6.91. The maximum atomic E-state index is 3.51. The van der Waals surface area contributed by atoms with Crippen molar-refractivity contribution in [2.24, 2.45) is 0 Å². The molecule has 1 aromatic rings. The van der Waals surface area contributed by atoms with Gasteiger partial charge in [-0.25, -0.2) is 0 Å². The van der Waals surface area contributed by atoms with Gasteiger partial charge < -0.3 is 4.98 Å². The second-order valence-electron chi connectivity index (χ2n) is 5.11. The molecule has 0 spiro atoms. The van der Waals surface area contributed by atoms with Crippen LogP contribution in [0.25, 0.3) is 0 Å². The molecule has 0 radical (unpaired) electrons. The highest BCUT2D eigenvalue weighted by molar-refractivity contribution is 5.15. The third-order valence-electron chi connectivity index (χ3n) is 3.19. The van der Waals surface area contributed by atoms with Gasteiger partial charge in [0.25, 0.3) is 0 Å². The van der Waals surface area contributed by atoms with Crippen molar-refractivity contribution in [3.8, 4) is 0 Å². The van der Waals surface area contributed by atoms with Crippen molar-refractivity contribution in [3.63, 3.8) is 0 Å². The maximum absolute atomic E-state index is 3.51. The molecule has 0 unspecified atom stereocenters. The molecule has 0 saturated carbocycles. The summed E-state index contributed by atoms with van der Waals surface area (Å²) in [5, 5.41) is 0. The number of aromatic nitrogens is 1. The number of hydrogen-bond donors (Lipinski definition) is 1. The summed E-state index contributed by atoms with van der Waals surface area (Å²) in [4.78, 5) is 3.51. The highest BCUT2D eigenvalue weighted by Crippen LogP contribution is 2.15. The zero-order valence-corrected chi connectivity index (χ0v) is 11.2. The van der Waals surface area contributed by atoms with Crippen LogP contribution in [0.4, 0.5) is 0 Å². The smallest absolute Gasteiger partial charge is 0.0175 e. The first-order chi connectivity index (χ1) is 7.74. The first-order valence-corrected chi connectivity index (χ1v) is 6.91. The highest BCUT2D eigenvalue weighted by Gasteiger charge is 2.02. The van der Waals surface area contributed by atoms with Crippen molar-refractivity contribution in [2.45, 2.75) is 71.6 Å². The molecular weight excluding hydrogens is 194 g/mol. The maximum Gasteiger partial charge on any atom is 0.0175 e. The Morgan fingerprint density at radius 2 is 1.69 bits per heavy atom. The monoisotopic (exact) mass is 221 g/mol. The molecule has 0 aliphatic carbocycles. The van der Waals surface area contributed by atoms with Crippen LogP contribution in [0, 0.1) is 0 Å². The minimum atomic E-state index is 0.623. The summed E-state index contributed by atoms with van der Waals surface area (Å²) in [6, 6.07) is 4.48. The Labute approximate surface area is 101 Å². The number of nitrogens with one attached hydrogen (secondary N) is 1. The minimum Gasteiger partial charge on any atom is -0.362 e. The summed E-state index contributed by atoms with van der Waals surface area (Å²) in [6.45, 7) is 6.74. The highest BCUT2D eigenvalue weighted by atomic mass is 14.7. The summed E-state index contributed by atoms with van der Waals surface area (Å²) in [6.07, 6.45) is 9.51. The van der Waals surface area contributed by atoms with Crippen molar-refractivity contribution >= 4 is 0 Å². The van der Waals surface area contributed by atoms with Gasteiger partial charge in [-0.15, -0.1) is 0 Å². The lowest BCUT2D eigenvalue weighted by Gasteiger charge is -2.02. The lowest BCUT2D eigenvalue weighted by molar-refractivity contribution is 0.604. The molecule has 0 saturated heterocycles. The summed E-state index contributed by atoms with van der Waals surface area (Å²) in [7, 11) is 0. The van der Waals surface area contributed by atoms with Crippen LogP contribution in [0.15, 0.2) is 12.1 Å². The molecule has 0 aliphatic rings. The molecule has 1 heterocycles. The SMILES string of the molecule is CCCCCCCCc1ccc(C(C)C)[nH]1. The molecule has 16 heavy (non-hydrogen) atoms. The molecule has 1 aromatic heterocycles. The third kappa shape index (κ3) is 4.87. The van der Waals surface area contributed by atoms with Crippen LogP contribution in [0.1, 0.15) is 76.6 Å². The topological polar surface area (TPSA) is 15.8 Å². The Bertz CT molecular complexity index is 273. The fraction of sp³-hybridized carbons (Fsp3) is 0.733. The molecule has 0 bridgehead atoms. The third-order valence-corrected chi connectivity index (χ3v) is 3.19. The standard InChI is InChI=1S/C15H27N/c1-4-5-6-7-8-9-10-14-11-12-15(16-14)13(2)3/h11-13,16H,4-10H2,1-3H3. The Hall–Kier alpha value is -0.720. The molecule has 1 N–H and O–H groups in total. The van der Waals surface area contributed by atoms with E-state index < -0.39 is 0 Å². The van der Waals surface area contributed by atoms with Crippen LogP contribution in [-0.2, 0) is 6.42 Å². The van der Waals surface area contributed by atoms with E-state index in [1.165, 1.54) is 56.3 Å². The average Bonchev–Trinajstić information content (AvgIpc) is 2.72. The first kappa shape index (κ1) is 13.3. The van der Waals surface area contributed by atoms with Crippen molar-refractivity contribution in [3.05, 3.63) is 23.5 Å². The van der Waals surface area contributed by atoms with E-state index in [1.807, 2.05) is 0 Å². The van der Waals surface area contributed by atoms with E-state index in [4.69, 9.17) is 0 Å². The van der Waals surface area contributed by atoms with E-state index in [0.29, 0.717) is 5.92 Å². The van der Waals surface area contributed by atoms with Gasteiger partial charge in [0.05, 0.1) is 0 Å². The number of hydrogen-bond acceptors (Lipinski definition) is 0. The zero-order chi connectivity index (χ0) is 11.8. The fourth-order valence-corrected chi connectivity index (χ4v) is 2.04.